The van der Waals surface area contributed by atoms with Crippen LogP contribution in [-0.4, -0.2) is 16.5 Å². The molecule has 0 fully saturated rings. The van der Waals surface area contributed by atoms with Gasteiger partial charge >= 0.3 is 0 Å². The molecule has 3 aromatic rings. The molecule has 0 amide bonds. The molecule has 0 spiro atoms. The van der Waals surface area contributed by atoms with Gasteiger partial charge in [0, 0.05) is 16.9 Å². The average Bonchev–Trinajstić information content (AvgIpc) is 2.83. The Morgan fingerprint density at radius 1 is 0.788 bits per heavy atom. The predicted molar refractivity (Wildman–Crippen MR) is 139 cm³/mol. The van der Waals surface area contributed by atoms with Gasteiger partial charge in [0.1, 0.15) is 5.75 Å². The maximum absolute atomic E-state index is 10.6. The number of nitrogens with two attached hydrogens (primary N) is 1. The van der Waals surface area contributed by atoms with Gasteiger partial charge in [-0.05, 0) is 34.9 Å². The summed E-state index contributed by atoms with van der Waals surface area (Å²) in [6, 6.07) is 24.6. The lowest BCUT2D eigenvalue weighted by Gasteiger charge is -2.28. The third-order valence-corrected chi connectivity index (χ3v) is 6.08. The minimum atomic E-state index is -0.200. The molecule has 0 aromatic heterocycles. The molecule has 0 saturated carbocycles. The van der Waals surface area contributed by atoms with E-state index in [0.29, 0.717) is 5.69 Å². The fraction of sp³-hybridized carbons (Fsp3) is 0.172. The first-order valence-electron chi connectivity index (χ1n) is 11.0. The van der Waals surface area contributed by atoms with Crippen molar-refractivity contribution in [1.82, 2.24) is 0 Å². The lowest BCUT2D eigenvalue weighted by atomic mass is 9.76. The van der Waals surface area contributed by atoms with Crippen LogP contribution in [0.25, 0.3) is 0 Å². The van der Waals surface area contributed by atoms with Crippen LogP contribution in [0.2, 0.25) is 0 Å². The molecule has 0 heterocycles. The molecule has 1 atom stereocenters. The highest BCUT2D eigenvalue weighted by atomic mass is 16.3. The van der Waals surface area contributed by atoms with Crippen LogP contribution < -0.4 is 5.73 Å². The summed E-state index contributed by atoms with van der Waals surface area (Å²) in [4.78, 5) is 0. The van der Waals surface area contributed by atoms with Gasteiger partial charge in [-0.2, -0.15) is 0 Å². The Bertz CT molecular complexity index is 1170. The van der Waals surface area contributed by atoms with E-state index in [9.17, 15) is 5.11 Å². The van der Waals surface area contributed by atoms with Crippen LogP contribution >= 0.6 is 0 Å². The first-order chi connectivity index (χ1) is 15.7. The van der Waals surface area contributed by atoms with Crippen LogP contribution in [0.15, 0.2) is 97.1 Å². The van der Waals surface area contributed by atoms with Crippen molar-refractivity contribution in [2.24, 2.45) is 0 Å². The SMILES string of the molecule is CC(c1ccccc1)c1cc(C(C)(C)c2ccccc2)cc(N)c1O.N=C1C=CC=CC1=N. The Kier molecular flexibility index (Phi) is 7.29. The Balaban J connectivity index is 0.000000323. The minimum absolute atomic E-state index is 0.0648. The third-order valence-electron chi connectivity index (χ3n) is 6.08. The van der Waals surface area contributed by atoms with Crippen molar-refractivity contribution in [2.75, 3.05) is 5.73 Å². The number of hydrogen-bond donors (Lipinski definition) is 4. The van der Waals surface area contributed by atoms with Gasteiger partial charge in [-0.15, -0.1) is 0 Å². The summed E-state index contributed by atoms with van der Waals surface area (Å²) < 4.78 is 0. The number of allylic oxidation sites excluding steroid dienone is 4. The predicted octanol–water partition coefficient (Wildman–Crippen LogP) is 6.60. The van der Waals surface area contributed by atoms with E-state index in [1.54, 1.807) is 24.3 Å². The fourth-order valence-electron chi connectivity index (χ4n) is 3.80. The number of aromatic hydroxyl groups is 1. The Labute approximate surface area is 196 Å². The molecule has 3 aromatic carbocycles. The lowest BCUT2D eigenvalue weighted by Crippen LogP contribution is -2.19. The van der Waals surface area contributed by atoms with Gasteiger partial charge in [0.25, 0.3) is 0 Å². The van der Waals surface area contributed by atoms with Crippen molar-refractivity contribution < 1.29 is 5.11 Å². The number of rotatable bonds is 4. The highest BCUT2D eigenvalue weighted by Crippen LogP contribution is 2.40. The van der Waals surface area contributed by atoms with Gasteiger partial charge in [0.05, 0.1) is 17.1 Å². The molecular formula is C29H31N3O. The summed E-state index contributed by atoms with van der Waals surface area (Å²) in [6.07, 6.45) is 6.70. The summed E-state index contributed by atoms with van der Waals surface area (Å²) in [7, 11) is 0. The molecule has 168 valence electrons. The van der Waals surface area contributed by atoms with Crippen molar-refractivity contribution in [2.45, 2.75) is 32.1 Å². The van der Waals surface area contributed by atoms with Crippen molar-refractivity contribution in [3.05, 3.63) is 119 Å². The van der Waals surface area contributed by atoms with E-state index in [4.69, 9.17) is 16.6 Å². The Morgan fingerprint density at radius 3 is 1.82 bits per heavy atom. The van der Waals surface area contributed by atoms with Crippen LogP contribution in [0.4, 0.5) is 5.69 Å². The van der Waals surface area contributed by atoms with E-state index >= 15 is 0 Å². The maximum atomic E-state index is 10.6. The summed E-state index contributed by atoms with van der Waals surface area (Å²) in [5.74, 6) is 0.249. The van der Waals surface area contributed by atoms with Gasteiger partial charge in [-0.3, -0.25) is 10.8 Å². The number of phenolic OH excluding ortho intramolecular Hbond substituents is 1. The number of nitrogens with one attached hydrogen (secondary N) is 2. The van der Waals surface area contributed by atoms with Crippen LogP contribution in [0.5, 0.6) is 5.75 Å². The van der Waals surface area contributed by atoms with E-state index in [1.165, 1.54) is 5.56 Å². The first-order valence-corrected chi connectivity index (χ1v) is 11.0. The standard InChI is InChI=1S/C23H25NO.C6H6N2/c1-16(17-10-6-4-7-11-17)20-14-19(15-21(24)22(20)25)23(2,3)18-12-8-5-9-13-18;7-5-3-1-2-4-6(5)8/h4-16,25H,24H2,1-3H3;1-4,7-8H. The Hall–Kier alpha value is -3.92. The van der Waals surface area contributed by atoms with Crippen molar-refractivity contribution in [1.29, 1.82) is 10.8 Å². The monoisotopic (exact) mass is 437 g/mol. The molecule has 0 saturated heterocycles. The van der Waals surface area contributed by atoms with Gasteiger partial charge in [0.15, 0.2) is 0 Å². The maximum Gasteiger partial charge on any atom is 0.142 e. The molecule has 1 unspecified atom stereocenters. The number of anilines is 1. The number of nitrogen functional groups attached to an aromatic ring is 1. The molecule has 0 radical (unpaired) electrons. The smallest absolute Gasteiger partial charge is 0.142 e. The van der Waals surface area contributed by atoms with E-state index < -0.39 is 0 Å². The molecule has 33 heavy (non-hydrogen) atoms. The van der Waals surface area contributed by atoms with Crippen LogP contribution in [0.1, 0.15) is 48.9 Å². The van der Waals surface area contributed by atoms with Crippen LogP contribution in [-0.2, 0) is 5.41 Å². The molecule has 1 aliphatic rings. The second-order valence-corrected chi connectivity index (χ2v) is 8.67. The minimum Gasteiger partial charge on any atom is -0.505 e. The second-order valence-electron chi connectivity index (χ2n) is 8.67. The van der Waals surface area contributed by atoms with E-state index in [0.717, 1.165) is 16.7 Å². The summed E-state index contributed by atoms with van der Waals surface area (Å²) in [5.41, 5.74) is 11.3. The van der Waals surface area contributed by atoms with E-state index in [1.807, 2.05) is 42.5 Å². The van der Waals surface area contributed by atoms with E-state index in [-0.39, 0.29) is 28.5 Å². The van der Waals surface area contributed by atoms with Gasteiger partial charge in [-0.25, -0.2) is 0 Å². The first kappa shape index (κ1) is 23.7. The van der Waals surface area contributed by atoms with Crippen LogP contribution in [0, 0.1) is 10.8 Å². The lowest BCUT2D eigenvalue weighted by molar-refractivity contribution is 0.468. The van der Waals surface area contributed by atoms with Crippen molar-refractivity contribution in [3.8, 4) is 5.75 Å². The number of hydrogen-bond acceptors (Lipinski definition) is 4. The molecular weight excluding hydrogens is 406 g/mol. The highest BCUT2D eigenvalue weighted by molar-refractivity contribution is 6.48. The largest absolute Gasteiger partial charge is 0.505 e. The van der Waals surface area contributed by atoms with Gasteiger partial charge in [-0.1, -0.05) is 99.7 Å². The highest BCUT2D eigenvalue weighted by Gasteiger charge is 2.26. The second kappa shape index (κ2) is 10.1. The summed E-state index contributed by atoms with van der Waals surface area (Å²) >= 11 is 0. The summed E-state index contributed by atoms with van der Waals surface area (Å²) in [5, 5.41) is 24.6. The normalized spacial score (nSPS) is 13.9. The molecule has 1 aliphatic carbocycles. The molecule has 4 nitrogen and oxygen atoms in total. The quantitative estimate of drug-likeness (QED) is 0.210. The van der Waals surface area contributed by atoms with Crippen molar-refractivity contribution >= 4 is 17.1 Å². The van der Waals surface area contributed by atoms with Gasteiger partial charge < -0.3 is 10.8 Å². The topological polar surface area (TPSA) is 93.9 Å². The molecule has 5 N–H and O–H groups in total. The number of phenols is 1. The van der Waals surface area contributed by atoms with E-state index in [2.05, 4.69) is 51.1 Å². The molecule has 0 aliphatic heterocycles. The van der Waals surface area contributed by atoms with Crippen molar-refractivity contribution in [3.63, 3.8) is 0 Å². The average molecular weight is 438 g/mol. The zero-order chi connectivity index (χ0) is 24.0. The molecule has 4 rings (SSSR count). The fourth-order valence-corrected chi connectivity index (χ4v) is 3.80. The Morgan fingerprint density at radius 2 is 1.30 bits per heavy atom. The molecule has 4 heteroatoms. The summed E-state index contributed by atoms with van der Waals surface area (Å²) in [6.45, 7) is 6.47. The molecule has 0 bridgehead atoms. The van der Waals surface area contributed by atoms with Crippen LogP contribution in [0.3, 0.4) is 0 Å². The zero-order valence-electron chi connectivity index (χ0n) is 19.3. The zero-order valence-corrected chi connectivity index (χ0v) is 19.3. The van der Waals surface area contributed by atoms with Gasteiger partial charge in [0.2, 0.25) is 0 Å². The third kappa shape index (κ3) is 5.47. The number of benzene rings is 3.